The zero-order valence-electron chi connectivity index (χ0n) is 12.1. The van der Waals surface area contributed by atoms with E-state index in [0.717, 1.165) is 11.3 Å². The zero-order chi connectivity index (χ0) is 13.8. The molecule has 1 unspecified atom stereocenters. The number of benzene rings is 1. The molecular formula is C15H25NO2. The van der Waals surface area contributed by atoms with Gasteiger partial charge in [-0.3, -0.25) is 0 Å². The lowest BCUT2D eigenvalue weighted by Gasteiger charge is -2.29. The van der Waals surface area contributed by atoms with Crippen LogP contribution in [0.25, 0.3) is 0 Å². The molecule has 0 aliphatic rings. The van der Waals surface area contributed by atoms with Crippen LogP contribution >= 0.6 is 0 Å². The molecule has 0 aliphatic carbocycles. The molecule has 0 aliphatic heterocycles. The van der Waals surface area contributed by atoms with Crippen LogP contribution in [0.4, 0.5) is 0 Å². The van der Waals surface area contributed by atoms with Crippen LogP contribution < -0.4 is 10.1 Å². The van der Waals surface area contributed by atoms with Gasteiger partial charge in [0.15, 0.2) is 0 Å². The molecule has 1 aromatic rings. The molecule has 0 aromatic heterocycles. The average molecular weight is 251 g/mol. The van der Waals surface area contributed by atoms with Crippen molar-refractivity contribution < 1.29 is 9.84 Å². The molecule has 0 saturated heterocycles. The van der Waals surface area contributed by atoms with Crippen molar-refractivity contribution in [2.24, 2.45) is 0 Å². The summed E-state index contributed by atoms with van der Waals surface area (Å²) in [5.74, 6) is 0.826. The Morgan fingerprint density at radius 2 is 1.89 bits per heavy atom. The van der Waals surface area contributed by atoms with E-state index in [0.29, 0.717) is 13.0 Å². The summed E-state index contributed by atoms with van der Waals surface area (Å²) in [5.41, 5.74) is 0.327. The van der Waals surface area contributed by atoms with E-state index in [1.165, 1.54) is 0 Å². The summed E-state index contributed by atoms with van der Waals surface area (Å²) in [7, 11) is 1.65. The van der Waals surface area contributed by atoms with Crippen molar-refractivity contribution in [3.05, 3.63) is 29.8 Å². The van der Waals surface area contributed by atoms with Crippen molar-refractivity contribution in [1.82, 2.24) is 5.32 Å². The first kappa shape index (κ1) is 15.0. The lowest BCUT2D eigenvalue weighted by Crippen LogP contribution is -2.47. The van der Waals surface area contributed by atoms with Crippen LogP contribution in [0.5, 0.6) is 5.75 Å². The first-order chi connectivity index (χ1) is 8.22. The number of methoxy groups -OCH3 is 1. The molecular weight excluding hydrogens is 226 g/mol. The second-order valence-corrected chi connectivity index (χ2v) is 6.13. The van der Waals surface area contributed by atoms with Gasteiger partial charge in [0.1, 0.15) is 5.75 Å². The lowest BCUT2D eigenvalue weighted by molar-refractivity contribution is 0.0534. The van der Waals surface area contributed by atoms with Gasteiger partial charge >= 0.3 is 0 Å². The maximum atomic E-state index is 10.4. The molecule has 0 heterocycles. The maximum absolute atomic E-state index is 10.4. The third-order valence-corrected chi connectivity index (χ3v) is 2.72. The fraction of sp³-hybridized carbons (Fsp3) is 0.600. The predicted molar refractivity (Wildman–Crippen MR) is 75.1 cm³/mol. The molecule has 0 spiro atoms. The van der Waals surface area contributed by atoms with Gasteiger partial charge < -0.3 is 15.2 Å². The Kier molecular flexibility index (Phi) is 4.77. The fourth-order valence-corrected chi connectivity index (χ4v) is 1.74. The predicted octanol–water partition coefficient (Wildman–Crippen LogP) is 2.38. The summed E-state index contributed by atoms with van der Waals surface area (Å²) in [5, 5.41) is 13.7. The third-order valence-electron chi connectivity index (χ3n) is 2.72. The van der Waals surface area contributed by atoms with Crippen LogP contribution in [-0.4, -0.2) is 29.9 Å². The number of rotatable bonds is 5. The molecule has 0 saturated carbocycles. The van der Waals surface area contributed by atoms with Crippen LogP contribution in [0.15, 0.2) is 24.3 Å². The highest BCUT2D eigenvalue weighted by atomic mass is 16.5. The number of aliphatic hydroxyl groups is 1. The molecule has 0 amide bonds. The summed E-state index contributed by atoms with van der Waals surface area (Å²) < 4.78 is 5.19. The lowest BCUT2D eigenvalue weighted by atomic mass is 9.95. The van der Waals surface area contributed by atoms with Gasteiger partial charge in [0, 0.05) is 18.5 Å². The molecule has 0 fully saturated rings. The number of hydrogen-bond acceptors (Lipinski definition) is 3. The highest BCUT2D eigenvalue weighted by Crippen LogP contribution is 2.18. The fourth-order valence-electron chi connectivity index (χ4n) is 1.74. The molecule has 18 heavy (non-hydrogen) atoms. The minimum atomic E-state index is -0.764. The molecule has 2 N–H and O–H groups in total. The van der Waals surface area contributed by atoms with Crippen LogP contribution in [-0.2, 0) is 6.42 Å². The van der Waals surface area contributed by atoms with E-state index >= 15 is 0 Å². The summed E-state index contributed by atoms with van der Waals surface area (Å²) >= 11 is 0. The molecule has 102 valence electrons. The van der Waals surface area contributed by atoms with Crippen LogP contribution in [0.1, 0.15) is 33.3 Å². The highest BCUT2D eigenvalue weighted by molar-refractivity contribution is 5.29. The Morgan fingerprint density at radius 1 is 1.22 bits per heavy atom. The SMILES string of the molecule is COc1cccc(CC(C)(O)CNC(C)(C)C)c1. The molecule has 3 nitrogen and oxygen atoms in total. The number of β-amino-alcohol motifs (C(OH)–C–C–N with tert-alkyl or cyclic N) is 1. The van der Waals surface area contributed by atoms with Gasteiger partial charge in [0.05, 0.1) is 12.7 Å². The average Bonchev–Trinajstić information content (AvgIpc) is 2.25. The van der Waals surface area contributed by atoms with Gasteiger partial charge in [0.2, 0.25) is 0 Å². The van der Waals surface area contributed by atoms with Gasteiger partial charge in [0.25, 0.3) is 0 Å². The van der Waals surface area contributed by atoms with Gasteiger partial charge in [-0.1, -0.05) is 12.1 Å². The van der Waals surface area contributed by atoms with E-state index in [2.05, 4.69) is 26.1 Å². The van der Waals surface area contributed by atoms with Crippen LogP contribution in [0.3, 0.4) is 0 Å². The van der Waals surface area contributed by atoms with Crippen molar-refractivity contribution in [3.63, 3.8) is 0 Å². The highest BCUT2D eigenvalue weighted by Gasteiger charge is 2.23. The minimum Gasteiger partial charge on any atom is -0.497 e. The normalized spacial score (nSPS) is 15.2. The summed E-state index contributed by atoms with van der Waals surface area (Å²) in [4.78, 5) is 0. The third kappa shape index (κ3) is 5.52. The summed E-state index contributed by atoms with van der Waals surface area (Å²) in [6.07, 6.45) is 0.604. The number of nitrogens with one attached hydrogen (secondary N) is 1. The standard InChI is InChI=1S/C15H25NO2/c1-14(2,3)16-11-15(4,17)10-12-7-6-8-13(9-12)18-5/h6-9,16-17H,10-11H2,1-5H3. The van der Waals surface area contributed by atoms with E-state index in [4.69, 9.17) is 4.74 Å². The molecule has 0 radical (unpaired) electrons. The van der Waals surface area contributed by atoms with E-state index < -0.39 is 5.60 Å². The Balaban J connectivity index is 2.63. The maximum Gasteiger partial charge on any atom is 0.119 e. The number of hydrogen-bond donors (Lipinski definition) is 2. The first-order valence-electron chi connectivity index (χ1n) is 6.32. The van der Waals surface area contributed by atoms with Gasteiger partial charge in [-0.25, -0.2) is 0 Å². The van der Waals surface area contributed by atoms with E-state index in [-0.39, 0.29) is 5.54 Å². The van der Waals surface area contributed by atoms with Crippen LogP contribution in [0, 0.1) is 0 Å². The number of ether oxygens (including phenoxy) is 1. The van der Waals surface area contributed by atoms with Crippen LogP contribution in [0.2, 0.25) is 0 Å². The first-order valence-corrected chi connectivity index (χ1v) is 6.32. The van der Waals surface area contributed by atoms with Crippen molar-refractivity contribution in [2.45, 2.75) is 45.3 Å². The van der Waals surface area contributed by atoms with E-state index in [1.807, 2.05) is 31.2 Å². The van der Waals surface area contributed by atoms with Gasteiger partial charge in [-0.05, 0) is 45.4 Å². The molecule has 3 heteroatoms. The van der Waals surface area contributed by atoms with Crippen molar-refractivity contribution in [2.75, 3.05) is 13.7 Å². The quantitative estimate of drug-likeness (QED) is 0.844. The van der Waals surface area contributed by atoms with E-state index in [1.54, 1.807) is 7.11 Å². The largest absolute Gasteiger partial charge is 0.497 e. The second kappa shape index (κ2) is 5.72. The monoisotopic (exact) mass is 251 g/mol. The Labute approximate surface area is 110 Å². The molecule has 0 bridgehead atoms. The second-order valence-electron chi connectivity index (χ2n) is 6.13. The molecule has 1 aromatic carbocycles. The molecule has 1 atom stereocenters. The van der Waals surface area contributed by atoms with E-state index in [9.17, 15) is 5.11 Å². The van der Waals surface area contributed by atoms with Crippen molar-refractivity contribution in [3.8, 4) is 5.75 Å². The Bertz CT molecular complexity index is 380. The molecule has 1 rings (SSSR count). The van der Waals surface area contributed by atoms with Gasteiger partial charge in [-0.15, -0.1) is 0 Å². The van der Waals surface area contributed by atoms with Crippen molar-refractivity contribution >= 4 is 0 Å². The minimum absolute atomic E-state index is 0.0123. The Hall–Kier alpha value is -1.06. The topological polar surface area (TPSA) is 41.5 Å². The Morgan fingerprint density at radius 3 is 2.44 bits per heavy atom. The smallest absolute Gasteiger partial charge is 0.119 e. The van der Waals surface area contributed by atoms with Gasteiger partial charge in [-0.2, -0.15) is 0 Å². The summed E-state index contributed by atoms with van der Waals surface area (Å²) in [6, 6.07) is 7.83. The zero-order valence-corrected chi connectivity index (χ0v) is 12.1. The summed E-state index contributed by atoms with van der Waals surface area (Å²) in [6.45, 7) is 8.69. The van der Waals surface area contributed by atoms with Crippen molar-refractivity contribution in [1.29, 1.82) is 0 Å².